The zero-order valence-corrected chi connectivity index (χ0v) is 15.4. The van der Waals surface area contributed by atoms with E-state index in [4.69, 9.17) is 4.74 Å². The van der Waals surface area contributed by atoms with Crippen molar-refractivity contribution in [1.29, 1.82) is 0 Å². The molecule has 1 heterocycles. The van der Waals surface area contributed by atoms with Crippen LogP contribution in [0.1, 0.15) is 43.7 Å². The maximum absolute atomic E-state index is 13.1. The summed E-state index contributed by atoms with van der Waals surface area (Å²) < 4.78 is 5.35. The van der Waals surface area contributed by atoms with Gasteiger partial charge in [0.15, 0.2) is 0 Å². The largest absolute Gasteiger partial charge is 0.497 e. The van der Waals surface area contributed by atoms with E-state index in [0.29, 0.717) is 5.92 Å². The van der Waals surface area contributed by atoms with Crippen molar-refractivity contribution < 1.29 is 9.53 Å². The van der Waals surface area contributed by atoms with E-state index in [9.17, 15) is 4.79 Å². The molecule has 1 aliphatic carbocycles. The molecular formula is C22H24N2O2. The summed E-state index contributed by atoms with van der Waals surface area (Å²) in [4.78, 5) is 16.3. The number of benzene rings is 2. The van der Waals surface area contributed by atoms with Crippen molar-refractivity contribution in [3.8, 4) is 5.75 Å². The summed E-state index contributed by atoms with van der Waals surface area (Å²) >= 11 is 0. The van der Waals surface area contributed by atoms with Gasteiger partial charge in [0.25, 0.3) is 0 Å². The highest BCUT2D eigenvalue weighted by molar-refractivity contribution is 6.04. The Kier molecular flexibility index (Phi) is 3.98. The smallest absolute Gasteiger partial charge is 0.235 e. The zero-order valence-electron chi connectivity index (χ0n) is 15.4. The number of H-pyrrole nitrogens is 1. The van der Waals surface area contributed by atoms with E-state index in [1.54, 1.807) is 7.11 Å². The van der Waals surface area contributed by atoms with Gasteiger partial charge in [0.2, 0.25) is 5.91 Å². The van der Waals surface area contributed by atoms with Crippen LogP contribution in [0.15, 0.2) is 48.7 Å². The quantitative estimate of drug-likeness (QED) is 0.684. The number of nitrogens with one attached hydrogen (secondary N) is 2. The number of amides is 1. The molecule has 2 aromatic carbocycles. The number of ether oxygens (including phenoxy) is 1. The maximum Gasteiger partial charge on any atom is 0.235 e. The minimum Gasteiger partial charge on any atom is -0.497 e. The third-order valence-corrected chi connectivity index (χ3v) is 5.42. The highest BCUT2D eigenvalue weighted by Gasteiger charge is 2.52. The molecular weight excluding hydrogens is 324 g/mol. The van der Waals surface area contributed by atoms with Crippen molar-refractivity contribution in [3.63, 3.8) is 0 Å². The van der Waals surface area contributed by atoms with Crippen LogP contribution in [0.5, 0.6) is 5.75 Å². The summed E-state index contributed by atoms with van der Waals surface area (Å²) in [6, 6.07) is 14.1. The minimum absolute atomic E-state index is 0.0681. The molecule has 1 saturated carbocycles. The minimum atomic E-state index is -0.443. The fourth-order valence-electron chi connectivity index (χ4n) is 3.57. The molecule has 4 heteroatoms. The third kappa shape index (κ3) is 2.75. The highest BCUT2D eigenvalue weighted by atomic mass is 16.5. The first-order valence-corrected chi connectivity index (χ1v) is 9.10. The van der Waals surface area contributed by atoms with Crippen molar-refractivity contribution in [3.05, 3.63) is 59.8 Å². The maximum atomic E-state index is 13.1. The predicted molar refractivity (Wildman–Crippen MR) is 105 cm³/mol. The van der Waals surface area contributed by atoms with Crippen LogP contribution in [-0.2, 0) is 10.2 Å². The molecule has 0 bridgehead atoms. The predicted octanol–water partition coefficient (Wildman–Crippen LogP) is 4.97. The van der Waals surface area contributed by atoms with E-state index in [1.165, 1.54) is 5.56 Å². The van der Waals surface area contributed by atoms with Crippen LogP contribution < -0.4 is 10.1 Å². The van der Waals surface area contributed by atoms with Gasteiger partial charge in [0, 0.05) is 22.8 Å². The summed E-state index contributed by atoms with van der Waals surface area (Å²) in [6.45, 7) is 4.33. The monoisotopic (exact) mass is 348 g/mol. The van der Waals surface area contributed by atoms with E-state index in [1.807, 2.05) is 36.5 Å². The van der Waals surface area contributed by atoms with Gasteiger partial charge in [-0.15, -0.1) is 0 Å². The molecule has 1 fully saturated rings. The standard InChI is InChI=1S/C22H24N2O2/c1-14(2)15-4-6-16(7-5-15)24-21(25)22(10-11-22)19-13-23-20-9-8-17(26-3)12-18(19)20/h4-9,12-14,23H,10-11H2,1-3H3,(H,24,25). The van der Waals surface area contributed by atoms with Gasteiger partial charge in [-0.2, -0.15) is 0 Å². The van der Waals surface area contributed by atoms with E-state index in [2.05, 4.69) is 36.3 Å². The van der Waals surface area contributed by atoms with Gasteiger partial charge < -0.3 is 15.0 Å². The Morgan fingerprint density at radius 1 is 1.15 bits per heavy atom. The number of rotatable bonds is 5. The van der Waals surface area contributed by atoms with Gasteiger partial charge in [0.1, 0.15) is 5.75 Å². The number of fused-ring (bicyclic) bond motifs is 1. The number of anilines is 1. The fourth-order valence-corrected chi connectivity index (χ4v) is 3.57. The molecule has 4 nitrogen and oxygen atoms in total. The Morgan fingerprint density at radius 2 is 1.88 bits per heavy atom. The Balaban J connectivity index is 1.61. The zero-order chi connectivity index (χ0) is 18.3. The average Bonchev–Trinajstić information content (AvgIpc) is 3.35. The molecule has 134 valence electrons. The SMILES string of the molecule is COc1ccc2[nH]cc(C3(C(=O)Nc4ccc(C(C)C)cc4)CC3)c2c1. The fraction of sp³-hybridized carbons (Fsp3) is 0.318. The van der Waals surface area contributed by atoms with Crippen LogP contribution in [0.3, 0.4) is 0 Å². The van der Waals surface area contributed by atoms with Crippen LogP contribution in [0.25, 0.3) is 10.9 Å². The number of carbonyl (C=O) groups excluding carboxylic acids is 1. The van der Waals surface area contributed by atoms with Gasteiger partial charge >= 0.3 is 0 Å². The summed E-state index contributed by atoms with van der Waals surface area (Å²) in [5.74, 6) is 1.35. The van der Waals surface area contributed by atoms with Crippen molar-refractivity contribution in [2.75, 3.05) is 12.4 Å². The lowest BCUT2D eigenvalue weighted by atomic mass is 9.94. The first-order valence-electron chi connectivity index (χ1n) is 9.10. The van der Waals surface area contributed by atoms with Crippen LogP contribution in [0.2, 0.25) is 0 Å². The van der Waals surface area contributed by atoms with E-state index >= 15 is 0 Å². The van der Waals surface area contributed by atoms with Crippen molar-refractivity contribution >= 4 is 22.5 Å². The molecule has 0 spiro atoms. The topological polar surface area (TPSA) is 54.1 Å². The Morgan fingerprint density at radius 3 is 2.50 bits per heavy atom. The first kappa shape index (κ1) is 16.7. The van der Waals surface area contributed by atoms with Gasteiger partial charge in [-0.1, -0.05) is 26.0 Å². The molecule has 4 rings (SSSR count). The number of hydrogen-bond acceptors (Lipinski definition) is 2. The van der Waals surface area contributed by atoms with Crippen LogP contribution in [0, 0.1) is 0 Å². The molecule has 1 aromatic heterocycles. The second-order valence-electron chi connectivity index (χ2n) is 7.43. The van der Waals surface area contributed by atoms with Crippen molar-refractivity contribution in [2.24, 2.45) is 0 Å². The normalized spacial score (nSPS) is 15.2. The number of aromatic nitrogens is 1. The van der Waals surface area contributed by atoms with Gasteiger partial charge in [0.05, 0.1) is 12.5 Å². The third-order valence-electron chi connectivity index (χ3n) is 5.42. The molecule has 2 N–H and O–H groups in total. The molecule has 0 radical (unpaired) electrons. The van der Waals surface area contributed by atoms with E-state index < -0.39 is 5.41 Å². The molecule has 0 unspecified atom stereocenters. The van der Waals surface area contributed by atoms with Crippen LogP contribution >= 0.6 is 0 Å². The molecule has 1 amide bonds. The lowest BCUT2D eigenvalue weighted by Gasteiger charge is -2.16. The lowest BCUT2D eigenvalue weighted by Crippen LogP contribution is -2.27. The Bertz CT molecular complexity index is 950. The lowest BCUT2D eigenvalue weighted by molar-refractivity contribution is -0.118. The molecule has 3 aromatic rings. The summed E-state index contributed by atoms with van der Waals surface area (Å²) in [7, 11) is 1.66. The highest BCUT2D eigenvalue weighted by Crippen LogP contribution is 2.51. The summed E-state index contributed by atoms with van der Waals surface area (Å²) in [6.07, 6.45) is 3.71. The van der Waals surface area contributed by atoms with Crippen LogP contribution in [-0.4, -0.2) is 18.0 Å². The molecule has 0 aliphatic heterocycles. The number of aromatic amines is 1. The van der Waals surface area contributed by atoms with Gasteiger partial charge in [-0.05, 0) is 60.2 Å². The number of carbonyl (C=O) groups is 1. The molecule has 0 saturated heterocycles. The first-order chi connectivity index (χ1) is 12.5. The van der Waals surface area contributed by atoms with Crippen molar-refractivity contribution in [2.45, 2.75) is 38.0 Å². The van der Waals surface area contributed by atoms with Gasteiger partial charge in [-0.3, -0.25) is 4.79 Å². The van der Waals surface area contributed by atoms with Gasteiger partial charge in [-0.25, -0.2) is 0 Å². The number of methoxy groups -OCH3 is 1. The average molecular weight is 348 g/mol. The van der Waals surface area contributed by atoms with E-state index in [-0.39, 0.29) is 5.91 Å². The summed E-state index contributed by atoms with van der Waals surface area (Å²) in [5.41, 5.74) is 3.77. The van der Waals surface area contributed by atoms with E-state index in [0.717, 1.165) is 40.7 Å². The molecule has 0 atom stereocenters. The second kappa shape index (κ2) is 6.20. The number of hydrogen-bond donors (Lipinski definition) is 2. The summed E-state index contributed by atoms with van der Waals surface area (Å²) in [5, 5.41) is 4.17. The second-order valence-corrected chi connectivity index (χ2v) is 7.43. The Labute approximate surface area is 153 Å². The Hall–Kier alpha value is -2.75. The van der Waals surface area contributed by atoms with Crippen molar-refractivity contribution in [1.82, 2.24) is 4.98 Å². The van der Waals surface area contributed by atoms with Crippen LogP contribution in [0.4, 0.5) is 5.69 Å². The molecule has 26 heavy (non-hydrogen) atoms. The molecule has 1 aliphatic rings.